The summed E-state index contributed by atoms with van der Waals surface area (Å²) < 4.78 is 0. The molecule has 2 nitrogen and oxygen atoms in total. The van der Waals surface area contributed by atoms with Crippen LogP contribution in [-0.4, -0.2) is 19.4 Å². The number of Topliss-reactive ketones (excluding diaryl/α,β-unsaturated/α-hetero) is 1. The molecule has 12 heavy (non-hydrogen) atoms. The number of unbranched alkanes of at least 4 members (excludes halogenated alkanes) is 1. The summed E-state index contributed by atoms with van der Waals surface area (Å²) >= 11 is 0. The van der Waals surface area contributed by atoms with Gasteiger partial charge in [-0.25, -0.2) is 0 Å². The number of hydrogen-bond acceptors (Lipinski definition) is 2. The minimum absolute atomic E-state index is 0.118. The van der Waals surface area contributed by atoms with E-state index in [1.165, 1.54) is 0 Å². The molecule has 1 atom stereocenters. The lowest BCUT2D eigenvalue weighted by atomic mass is 10.0. The molecule has 2 heteroatoms. The summed E-state index contributed by atoms with van der Waals surface area (Å²) in [4.78, 5) is 11.3. The molecule has 0 radical (unpaired) electrons. The van der Waals surface area contributed by atoms with Gasteiger partial charge in [-0.05, 0) is 13.5 Å². The SMILES string of the molecule is C#CCCCC(=O)C(C)CNC. The molecule has 0 heterocycles. The van der Waals surface area contributed by atoms with Gasteiger partial charge in [0.1, 0.15) is 5.78 Å². The number of nitrogens with one attached hydrogen (secondary N) is 1. The molecule has 0 aromatic heterocycles. The van der Waals surface area contributed by atoms with Crippen molar-refractivity contribution in [2.75, 3.05) is 13.6 Å². The summed E-state index contributed by atoms with van der Waals surface area (Å²) in [6.45, 7) is 2.70. The molecule has 0 bridgehead atoms. The van der Waals surface area contributed by atoms with Gasteiger partial charge in [-0.1, -0.05) is 6.92 Å². The van der Waals surface area contributed by atoms with E-state index in [4.69, 9.17) is 6.42 Å². The zero-order chi connectivity index (χ0) is 9.40. The highest BCUT2D eigenvalue weighted by Gasteiger charge is 2.10. The Morgan fingerprint density at radius 1 is 1.67 bits per heavy atom. The topological polar surface area (TPSA) is 29.1 Å². The van der Waals surface area contributed by atoms with E-state index in [1.54, 1.807) is 0 Å². The Morgan fingerprint density at radius 3 is 2.83 bits per heavy atom. The molecule has 1 N–H and O–H groups in total. The van der Waals surface area contributed by atoms with Crippen LogP contribution in [0.15, 0.2) is 0 Å². The van der Waals surface area contributed by atoms with E-state index in [0.717, 1.165) is 13.0 Å². The molecule has 1 unspecified atom stereocenters. The van der Waals surface area contributed by atoms with Gasteiger partial charge in [0.05, 0.1) is 0 Å². The maximum absolute atomic E-state index is 11.3. The zero-order valence-corrected chi connectivity index (χ0v) is 7.89. The molecule has 0 aliphatic heterocycles. The predicted octanol–water partition coefficient (Wildman–Crippen LogP) is 1.21. The van der Waals surface area contributed by atoms with Gasteiger partial charge in [-0.3, -0.25) is 4.79 Å². The Labute approximate surface area is 74.7 Å². The smallest absolute Gasteiger partial charge is 0.137 e. The Hall–Kier alpha value is -0.810. The highest BCUT2D eigenvalue weighted by molar-refractivity contribution is 5.80. The van der Waals surface area contributed by atoms with E-state index in [2.05, 4.69) is 11.2 Å². The van der Waals surface area contributed by atoms with Crippen LogP contribution in [0.25, 0.3) is 0 Å². The van der Waals surface area contributed by atoms with Crippen molar-refractivity contribution in [1.82, 2.24) is 5.32 Å². The van der Waals surface area contributed by atoms with E-state index >= 15 is 0 Å². The third-order valence-corrected chi connectivity index (χ3v) is 1.80. The highest BCUT2D eigenvalue weighted by atomic mass is 16.1. The lowest BCUT2D eigenvalue weighted by Crippen LogP contribution is -2.23. The van der Waals surface area contributed by atoms with Gasteiger partial charge in [0, 0.05) is 25.3 Å². The van der Waals surface area contributed by atoms with E-state index in [0.29, 0.717) is 18.6 Å². The van der Waals surface area contributed by atoms with Crippen LogP contribution in [0.2, 0.25) is 0 Å². The van der Waals surface area contributed by atoms with Gasteiger partial charge in [-0.2, -0.15) is 0 Å². The first-order valence-electron chi connectivity index (χ1n) is 4.33. The fourth-order valence-electron chi connectivity index (χ4n) is 1.03. The molecule has 0 amide bonds. The fourth-order valence-corrected chi connectivity index (χ4v) is 1.03. The molecule has 0 aromatic rings. The van der Waals surface area contributed by atoms with Crippen molar-refractivity contribution in [3.8, 4) is 12.3 Å². The molecule has 0 spiro atoms. The molecule has 68 valence electrons. The first-order chi connectivity index (χ1) is 5.72. The monoisotopic (exact) mass is 167 g/mol. The standard InChI is InChI=1S/C10H17NO/c1-4-5-6-7-10(12)9(2)8-11-3/h1,9,11H,5-8H2,2-3H3. The van der Waals surface area contributed by atoms with E-state index in [-0.39, 0.29) is 5.92 Å². The number of rotatable bonds is 6. The third kappa shape index (κ3) is 4.92. The van der Waals surface area contributed by atoms with Crippen LogP contribution < -0.4 is 5.32 Å². The Balaban J connectivity index is 3.51. The summed E-state index contributed by atoms with van der Waals surface area (Å²) in [7, 11) is 1.85. The summed E-state index contributed by atoms with van der Waals surface area (Å²) in [5.74, 6) is 2.95. The van der Waals surface area contributed by atoms with E-state index < -0.39 is 0 Å². The second kappa shape index (κ2) is 6.87. The Kier molecular flexibility index (Phi) is 6.41. The Morgan fingerprint density at radius 2 is 2.33 bits per heavy atom. The second-order valence-electron chi connectivity index (χ2n) is 2.98. The lowest BCUT2D eigenvalue weighted by Gasteiger charge is -2.07. The van der Waals surface area contributed by atoms with Crippen LogP contribution in [0, 0.1) is 18.3 Å². The molecule has 0 aromatic carbocycles. The van der Waals surface area contributed by atoms with Crippen molar-refractivity contribution in [2.45, 2.75) is 26.2 Å². The van der Waals surface area contributed by atoms with Crippen LogP contribution in [-0.2, 0) is 4.79 Å². The van der Waals surface area contributed by atoms with Gasteiger partial charge in [0.2, 0.25) is 0 Å². The average Bonchev–Trinajstić information content (AvgIpc) is 2.05. The fraction of sp³-hybridized carbons (Fsp3) is 0.700. The van der Waals surface area contributed by atoms with Crippen molar-refractivity contribution in [3.63, 3.8) is 0 Å². The molecule has 0 rings (SSSR count). The normalized spacial score (nSPS) is 12.1. The lowest BCUT2D eigenvalue weighted by molar-refractivity contribution is -0.122. The molecule has 0 fully saturated rings. The zero-order valence-electron chi connectivity index (χ0n) is 7.89. The van der Waals surface area contributed by atoms with Crippen molar-refractivity contribution in [2.24, 2.45) is 5.92 Å². The summed E-state index contributed by atoms with van der Waals surface area (Å²) in [6.07, 6.45) is 7.22. The number of carbonyl (C=O) groups is 1. The second-order valence-corrected chi connectivity index (χ2v) is 2.98. The summed E-state index contributed by atoms with van der Waals surface area (Å²) in [5, 5.41) is 2.98. The van der Waals surface area contributed by atoms with Gasteiger partial charge >= 0.3 is 0 Å². The van der Waals surface area contributed by atoms with Crippen LogP contribution in [0.1, 0.15) is 26.2 Å². The van der Waals surface area contributed by atoms with Gasteiger partial charge in [0.25, 0.3) is 0 Å². The maximum atomic E-state index is 11.3. The number of ketones is 1. The van der Waals surface area contributed by atoms with Crippen LogP contribution in [0.4, 0.5) is 0 Å². The van der Waals surface area contributed by atoms with Crippen molar-refractivity contribution < 1.29 is 4.79 Å². The molecule has 0 saturated heterocycles. The molecular formula is C10H17NO. The van der Waals surface area contributed by atoms with Crippen LogP contribution in [0.5, 0.6) is 0 Å². The van der Waals surface area contributed by atoms with Gasteiger partial charge in [-0.15, -0.1) is 12.3 Å². The minimum Gasteiger partial charge on any atom is -0.319 e. The molecule has 0 aliphatic rings. The summed E-state index contributed by atoms with van der Waals surface area (Å²) in [5.41, 5.74) is 0. The van der Waals surface area contributed by atoms with E-state index in [1.807, 2.05) is 14.0 Å². The summed E-state index contributed by atoms with van der Waals surface area (Å²) in [6, 6.07) is 0. The first-order valence-corrected chi connectivity index (χ1v) is 4.33. The van der Waals surface area contributed by atoms with Gasteiger partial charge in [0.15, 0.2) is 0 Å². The van der Waals surface area contributed by atoms with Crippen molar-refractivity contribution in [3.05, 3.63) is 0 Å². The quantitative estimate of drug-likeness (QED) is 0.476. The molecule has 0 aliphatic carbocycles. The average molecular weight is 167 g/mol. The number of terminal acetylenes is 1. The largest absolute Gasteiger partial charge is 0.319 e. The highest BCUT2D eigenvalue weighted by Crippen LogP contribution is 2.03. The van der Waals surface area contributed by atoms with Crippen molar-refractivity contribution >= 4 is 5.78 Å². The number of hydrogen-bond donors (Lipinski definition) is 1. The van der Waals surface area contributed by atoms with Crippen LogP contribution in [0.3, 0.4) is 0 Å². The molecular weight excluding hydrogens is 150 g/mol. The molecule has 0 saturated carbocycles. The van der Waals surface area contributed by atoms with Gasteiger partial charge < -0.3 is 5.32 Å². The Bertz CT molecular complexity index is 169. The predicted molar refractivity (Wildman–Crippen MR) is 50.8 cm³/mol. The minimum atomic E-state index is 0.118. The van der Waals surface area contributed by atoms with Crippen LogP contribution >= 0.6 is 0 Å². The van der Waals surface area contributed by atoms with Crippen molar-refractivity contribution in [1.29, 1.82) is 0 Å². The third-order valence-electron chi connectivity index (χ3n) is 1.80. The first kappa shape index (κ1) is 11.2. The maximum Gasteiger partial charge on any atom is 0.137 e. The number of carbonyl (C=O) groups excluding carboxylic acids is 1. The van der Waals surface area contributed by atoms with E-state index in [9.17, 15) is 4.79 Å².